The van der Waals surface area contributed by atoms with E-state index in [0.29, 0.717) is 6.04 Å². The van der Waals surface area contributed by atoms with Crippen LogP contribution in [0.25, 0.3) is 11.3 Å². The summed E-state index contributed by atoms with van der Waals surface area (Å²) in [4.78, 5) is 4.85. The Morgan fingerprint density at radius 3 is 3.04 bits per heavy atom. The Balaban J connectivity index is 1.37. The van der Waals surface area contributed by atoms with Crippen molar-refractivity contribution in [2.45, 2.75) is 25.4 Å². The highest BCUT2D eigenvalue weighted by molar-refractivity contribution is 5.68. The molecule has 3 heterocycles. The molecule has 0 radical (unpaired) electrons. The van der Waals surface area contributed by atoms with Crippen molar-refractivity contribution in [1.29, 1.82) is 0 Å². The number of likely N-dealkylation sites (tertiary alicyclic amines) is 1. The molecule has 1 unspecified atom stereocenters. The molecule has 1 fully saturated rings. The van der Waals surface area contributed by atoms with Gasteiger partial charge in [-0.25, -0.2) is 0 Å². The summed E-state index contributed by atoms with van der Waals surface area (Å²) in [5, 5.41) is 12.1. The maximum atomic E-state index is 4.36. The van der Waals surface area contributed by atoms with Crippen LogP contribution in [0.5, 0.6) is 0 Å². The number of aromatic nitrogens is 3. The van der Waals surface area contributed by atoms with E-state index in [4.69, 9.17) is 0 Å². The van der Waals surface area contributed by atoms with Gasteiger partial charge in [-0.15, -0.1) is 5.10 Å². The van der Waals surface area contributed by atoms with Crippen molar-refractivity contribution < 1.29 is 0 Å². The summed E-state index contributed by atoms with van der Waals surface area (Å²) < 4.78 is 1.97. The number of fused-ring (bicyclic) bond motifs is 1. The Morgan fingerprint density at radius 1 is 1.29 bits per heavy atom. The van der Waals surface area contributed by atoms with Gasteiger partial charge in [0.1, 0.15) is 5.69 Å². The van der Waals surface area contributed by atoms with Crippen LogP contribution in [0.15, 0.2) is 24.4 Å². The first kappa shape index (κ1) is 15.6. The normalized spacial score (nSPS) is 20.5. The first-order chi connectivity index (χ1) is 11.7. The van der Waals surface area contributed by atoms with Gasteiger partial charge in [0.15, 0.2) is 0 Å². The Labute approximate surface area is 143 Å². The molecule has 0 amide bonds. The van der Waals surface area contributed by atoms with Crippen LogP contribution in [0.2, 0.25) is 0 Å². The highest BCUT2D eigenvalue weighted by atomic mass is 15.4. The van der Waals surface area contributed by atoms with E-state index >= 15 is 0 Å². The molecule has 1 aromatic carbocycles. The third-order valence-electron chi connectivity index (χ3n) is 5.28. The number of anilines is 1. The molecule has 0 aliphatic carbocycles. The predicted molar refractivity (Wildman–Crippen MR) is 96.2 cm³/mol. The summed E-state index contributed by atoms with van der Waals surface area (Å²) in [5.41, 5.74) is 4.74. The molecule has 2 aliphatic rings. The molecule has 0 saturated carbocycles. The summed E-state index contributed by atoms with van der Waals surface area (Å²) in [6, 6.07) is 7.24. The Kier molecular flexibility index (Phi) is 4.24. The summed E-state index contributed by atoms with van der Waals surface area (Å²) in [6.07, 6.45) is 4.44. The minimum absolute atomic E-state index is 0.690. The van der Waals surface area contributed by atoms with E-state index in [1.54, 1.807) is 0 Å². The van der Waals surface area contributed by atoms with Crippen LogP contribution in [0.3, 0.4) is 0 Å². The molecular formula is C18H26N6. The molecule has 6 nitrogen and oxygen atoms in total. The molecule has 2 aromatic rings. The van der Waals surface area contributed by atoms with Crippen molar-refractivity contribution >= 4 is 5.69 Å². The molecule has 24 heavy (non-hydrogen) atoms. The Morgan fingerprint density at radius 2 is 2.21 bits per heavy atom. The third kappa shape index (κ3) is 3.16. The Bertz CT molecular complexity index is 707. The first-order valence-corrected chi connectivity index (χ1v) is 8.85. The second kappa shape index (κ2) is 6.53. The van der Waals surface area contributed by atoms with Crippen LogP contribution >= 0.6 is 0 Å². The minimum atomic E-state index is 0.690. The van der Waals surface area contributed by atoms with Crippen molar-refractivity contribution in [3.8, 4) is 11.3 Å². The zero-order valence-corrected chi connectivity index (χ0v) is 14.6. The van der Waals surface area contributed by atoms with Crippen molar-refractivity contribution in [2.75, 3.05) is 45.6 Å². The van der Waals surface area contributed by atoms with Crippen LogP contribution < -0.4 is 5.32 Å². The lowest BCUT2D eigenvalue weighted by molar-refractivity contribution is 0.260. The monoisotopic (exact) mass is 326 g/mol. The fourth-order valence-corrected chi connectivity index (χ4v) is 3.67. The molecule has 6 heteroatoms. The third-order valence-corrected chi connectivity index (χ3v) is 5.28. The van der Waals surface area contributed by atoms with E-state index in [-0.39, 0.29) is 0 Å². The number of nitrogens with zero attached hydrogens (tertiary/aromatic N) is 5. The van der Waals surface area contributed by atoms with Gasteiger partial charge in [-0.1, -0.05) is 17.3 Å². The van der Waals surface area contributed by atoms with Crippen LogP contribution in [-0.2, 0) is 13.0 Å². The highest BCUT2D eigenvalue weighted by Crippen LogP contribution is 2.27. The zero-order chi connectivity index (χ0) is 16.5. The second-order valence-corrected chi connectivity index (χ2v) is 7.12. The van der Waals surface area contributed by atoms with Crippen LogP contribution in [0, 0.1) is 0 Å². The molecule has 0 spiro atoms. The minimum Gasteiger partial charge on any atom is -0.384 e. The first-order valence-electron chi connectivity index (χ1n) is 8.85. The van der Waals surface area contributed by atoms with Gasteiger partial charge >= 0.3 is 0 Å². The van der Waals surface area contributed by atoms with Gasteiger partial charge < -0.3 is 10.2 Å². The number of rotatable bonds is 5. The maximum absolute atomic E-state index is 4.36. The molecule has 1 saturated heterocycles. The standard InChI is InChI=1S/C18H26N6/c1-22(2)16-6-8-23(12-16)9-10-24-13-18(20-21-24)15-4-3-14-5-7-19-17(14)11-15/h3-4,11,13,16,19H,5-10,12H2,1-2H3. The average molecular weight is 326 g/mol. The van der Waals surface area contributed by atoms with Crippen LogP contribution in [-0.4, -0.2) is 71.1 Å². The van der Waals surface area contributed by atoms with E-state index in [2.05, 4.69) is 63.9 Å². The van der Waals surface area contributed by atoms with Gasteiger partial charge in [-0.2, -0.15) is 0 Å². The van der Waals surface area contributed by atoms with Crippen LogP contribution in [0.1, 0.15) is 12.0 Å². The van der Waals surface area contributed by atoms with Crippen molar-refractivity contribution in [2.24, 2.45) is 0 Å². The predicted octanol–water partition coefficient (Wildman–Crippen LogP) is 1.55. The Hall–Kier alpha value is -1.92. The maximum Gasteiger partial charge on any atom is 0.113 e. The van der Waals surface area contributed by atoms with Crippen molar-refractivity contribution in [3.63, 3.8) is 0 Å². The smallest absolute Gasteiger partial charge is 0.113 e. The molecule has 0 bridgehead atoms. The number of likely N-dealkylation sites (N-methyl/N-ethyl adjacent to an activating group) is 1. The summed E-state index contributed by atoms with van der Waals surface area (Å²) in [7, 11) is 4.34. The van der Waals surface area contributed by atoms with Gasteiger partial charge in [-0.3, -0.25) is 9.58 Å². The SMILES string of the molecule is CN(C)C1CCN(CCn2cc(-c3ccc4c(c3)NCC4)nn2)C1. The second-order valence-electron chi connectivity index (χ2n) is 7.12. The van der Waals surface area contributed by atoms with E-state index in [1.807, 2.05) is 4.68 Å². The lowest BCUT2D eigenvalue weighted by atomic mass is 10.1. The fraction of sp³-hybridized carbons (Fsp3) is 0.556. The molecule has 128 valence electrons. The summed E-state index contributed by atoms with van der Waals surface area (Å²) in [5.74, 6) is 0. The molecule has 1 atom stereocenters. The molecular weight excluding hydrogens is 300 g/mol. The summed E-state index contributed by atoms with van der Waals surface area (Å²) in [6.45, 7) is 5.32. The number of hydrogen-bond donors (Lipinski definition) is 1. The molecule has 1 N–H and O–H groups in total. The zero-order valence-electron chi connectivity index (χ0n) is 14.6. The van der Waals surface area contributed by atoms with Crippen molar-refractivity contribution in [1.82, 2.24) is 24.8 Å². The van der Waals surface area contributed by atoms with E-state index < -0.39 is 0 Å². The van der Waals surface area contributed by atoms with Gasteiger partial charge in [0.05, 0.1) is 12.7 Å². The quantitative estimate of drug-likeness (QED) is 0.903. The van der Waals surface area contributed by atoms with Gasteiger partial charge in [0.2, 0.25) is 0 Å². The fourth-order valence-electron chi connectivity index (χ4n) is 3.67. The van der Waals surface area contributed by atoms with E-state index in [1.165, 1.54) is 24.2 Å². The van der Waals surface area contributed by atoms with E-state index in [9.17, 15) is 0 Å². The molecule has 4 rings (SSSR count). The number of hydrogen-bond acceptors (Lipinski definition) is 5. The van der Waals surface area contributed by atoms with E-state index in [0.717, 1.165) is 43.9 Å². The highest BCUT2D eigenvalue weighted by Gasteiger charge is 2.23. The largest absolute Gasteiger partial charge is 0.384 e. The number of benzene rings is 1. The lowest BCUT2D eigenvalue weighted by Crippen LogP contribution is -2.32. The molecule has 2 aliphatic heterocycles. The van der Waals surface area contributed by atoms with Gasteiger partial charge in [0.25, 0.3) is 0 Å². The number of nitrogens with one attached hydrogen (secondary N) is 1. The van der Waals surface area contributed by atoms with Crippen LogP contribution in [0.4, 0.5) is 5.69 Å². The summed E-state index contributed by atoms with van der Waals surface area (Å²) >= 11 is 0. The molecule has 1 aromatic heterocycles. The average Bonchev–Trinajstić information content (AvgIpc) is 3.31. The lowest BCUT2D eigenvalue weighted by Gasteiger charge is -2.20. The topological polar surface area (TPSA) is 49.2 Å². The van der Waals surface area contributed by atoms with Gasteiger partial charge in [0, 0.05) is 36.9 Å². The van der Waals surface area contributed by atoms with Gasteiger partial charge in [-0.05, 0) is 45.1 Å². The van der Waals surface area contributed by atoms with Crippen molar-refractivity contribution in [3.05, 3.63) is 30.0 Å².